The Hall–Kier alpha value is -6.38. The molecule has 0 unspecified atom stereocenters. The average molecular weight is 651 g/mol. The van der Waals surface area contributed by atoms with Gasteiger partial charge in [0.1, 0.15) is 0 Å². The van der Waals surface area contributed by atoms with Gasteiger partial charge in [-0.2, -0.15) is 0 Å². The molecule has 51 heavy (non-hydrogen) atoms. The van der Waals surface area contributed by atoms with Crippen LogP contribution in [0.2, 0.25) is 0 Å². The van der Waals surface area contributed by atoms with Crippen molar-refractivity contribution in [1.29, 1.82) is 0 Å². The second-order valence-electron chi connectivity index (χ2n) is 14.1. The van der Waals surface area contributed by atoms with Gasteiger partial charge in [-0.25, -0.2) is 9.97 Å². The van der Waals surface area contributed by atoms with Gasteiger partial charge in [0.25, 0.3) is 0 Å². The van der Waals surface area contributed by atoms with Crippen molar-refractivity contribution in [1.82, 2.24) is 9.97 Å². The van der Waals surface area contributed by atoms with Gasteiger partial charge >= 0.3 is 0 Å². The molecule has 0 atom stereocenters. The summed E-state index contributed by atoms with van der Waals surface area (Å²) in [7, 11) is 0. The van der Waals surface area contributed by atoms with Gasteiger partial charge in [-0.15, -0.1) is 0 Å². The van der Waals surface area contributed by atoms with E-state index in [-0.39, 0.29) is 5.41 Å². The fourth-order valence-corrected chi connectivity index (χ4v) is 8.50. The maximum absolute atomic E-state index is 5.57. The van der Waals surface area contributed by atoms with E-state index in [0.29, 0.717) is 0 Å². The van der Waals surface area contributed by atoms with E-state index in [1.54, 1.807) is 0 Å². The Morgan fingerprint density at radius 3 is 1.61 bits per heavy atom. The minimum atomic E-state index is -0.348. The molecule has 240 valence electrons. The van der Waals surface area contributed by atoms with E-state index in [1.807, 2.05) is 0 Å². The summed E-state index contributed by atoms with van der Waals surface area (Å²) in [4.78, 5) is 11.1. The Kier molecular flexibility index (Phi) is 6.56. The fraction of sp³-hybridized carbons (Fsp3) is 0.0612. The van der Waals surface area contributed by atoms with Crippen LogP contribution in [0.4, 0.5) is 0 Å². The number of aromatic nitrogens is 2. The zero-order valence-electron chi connectivity index (χ0n) is 28.6. The first-order valence-corrected chi connectivity index (χ1v) is 17.7. The first kappa shape index (κ1) is 29.5. The van der Waals surface area contributed by atoms with Crippen LogP contribution >= 0.6 is 0 Å². The van der Waals surface area contributed by atoms with Crippen LogP contribution in [-0.4, -0.2) is 9.97 Å². The number of rotatable bonds is 4. The number of benzene rings is 8. The third-order valence-corrected chi connectivity index (χ3v) is 10.8. The predicted octanol–water partition coefficient (Wildman–Crippen LogP) is 12.9. The first-order chi connectivity index (χ1) is 25.1. The minimum Gasteiger partial charge on any atom is -0.228 e. The Morgan fingerprint density at radius 1 is 0.373 bits per heavy atom. The Morgan fingerprint density at radius 2 is 0.863 bits per heavy atom. The fourth-order valence-electron chi connectivity index (χ4n) is 8.50. The van der Waals surface area contributed by atoms with Crippen LogP contribution in [0.25, 0.3) is 88.5 Å². The number of hydrogen-bond donors (Lipinski definition) is 0. The van der Waals surface area contributed by atoms with Crippen LogP contribution < -0.4 is 0 Å². The summed E-state index contributed by atoms with van der Waals surface area (Å²) in [6.45, 7) is 4.72. The van der Waals surface area contributed by atoms with Gasteiger partial charge in [-0.1, -0.05) is 172 Å². The molecule has 2 heteroatoms. The van der Waals surface area contributed by atoms with Gasteiger partial charge in [-0.3, -0.25) is 0 Å². The van der Waals surface area contributed by atoms with Crippen LogP contribution in [0, 0.1) is 0 Å². The molecule has 0 bridgehead atoms. The van der Waals surface area contributed by atoms with Crippen molar-refractivity contribution >= 4 is 32.3 Å². The van der Waals surface area contributed by atoms with Gasteiger partial charge in [0.2, 0.25) is 0 Å². The lowest BCUT2D eigenvalue weighted by Crippen LogP contribution is -2.18. The molecule has 1 heterocycles. The molecule has 0 amide bonds. The highest BCUT2D eigenvalue weighted by Crippen LogP contribution is 2.56. The van der Waals surface area contributed by atoms with E-state index < -0.39 is 0 Å². The second-order valence-corrected chi connectivity index (χ2v) is 14.1. The van der Waals surface area contributed by atoms with E-state index in [2.05, 4.69) is 184 Å². The van der Waals surface area contributed by atoms with E-state index in [4.69, 9.17) is 9.97 Å². The van der Waals surface area contributed by atoms with Gasteiger partial charge in [0.15, 0.2) is 5.82 Å². The number of fused-ring (bicyclic) bond motifs is 9. The molecule has 0 N–H and O–H groups in total. The van der Waals surface area contributed by atoms with Crippen molar-refractivity contribution in [3.05, 3.63) is 181 Å². The molecule has 0 saturated carbocycles. The van der Waals surface area contributed by atoms with Crippen LogP contribution in [0.5, 0.6) is 0 Å². The highest BCUT2D eigenvalue weighted by molar-refractivity contribution is 6.18. The SMILES string of the molecule is CC1(C)c2c(-c3cccc4ccccc34)nc(-c3cccc(-c4cccc(-c5ccccc5)c4)c3)nc2-c2c1c1ccccc1c1ccccc21. The third-order valence-electron chi connectivity index (χ3n) is 10.8. The lowest BCUT2D eigenvalue weighted by molar-refractivity contribution is 0.664. The summed E-state index contributed by atoms with van der Waals surface area (Å²) in [5.74, 6) is 0.735. The summed E-state index contributed by atoms with van der Waals surface area (Å²) < 4.78 is 0. The lowest BCUT2D eigenvalue weighted by Gasteiger charge is -2.26. The molecule has 0 aliphatic heterocycles. The standard InChI is InChI=1S/C49H34N2/c1-49(2)44-41-27-11-9-25-39(41)38-24-8-10-26-40(38)43(44)47-45(49)46(42-28-14-18-32-17-6-7-23-37(32)42)50-48(51-47)36-22-13-21-35(30-36)34-20-12-19-33(29-34)31-15-4-3-5-16-31/h3-30H,1-2H3. The van der Waals surface area contributed by atoms with Crippen molar-refractivity contribution in [2.24, 2.45) is 0 Å². The normalized spacial score (nSPS) is 13.1. The molecule has 9 aromatic rings. The summed E-state index contributed by atoms with van der Waals surface area (Å²) in [6.07, 6.45) is 0. The zero-order valence-corrected chi connectivity index (χ0v) is 28.6. The average Bonchev–Trinajstić information content (AvgIpc) is 3.44. The molecule has 1 aliphatic rings. The molecule has 8 aromatic carbocycles. The third kappa shape index (κ3) is 4.57. The molecule has 0 spiro atoms. The second kappa shape index (κ2) is 11.3. The summed E-state index contributed by atoms with van der Waals surface area (Å²) in [6, 6.07) is 61.0. The lowest BCUT2D eigenvalue weighted by atomic mass is 9.77. The summed E-state index contributed by atoms with van der Waals surface area (Å²) in [5.41, 5.74) is 12.3. The highest BCUT2D eigenvalue weighted by Gasteiger charge is 2.42. The molecule has 1 aliphatic carbocycles. The van der Waals surface area contributed by atoms with E-state index in [1.165, 1.54) is 60.1 Å². The maximum Gasteiger partial charge on any atom is 0.160 e. The van der Waals surface area contributed by atoms with Crippen molar-refractivity contribution in [2.75, 3.05) is 0 Å². The first-order valence-electron chi connectivity index (χ1n) is 17.7. The number of hydrogen-bond acceptors (Lipinski definition) is 2. The van der Waals surface area contributed by atoms with E-state index in [0.717, 1.165) is 39.5 Å². The van der Waals surface area contributed by atoms with Crippen LogP contribution in [0.1, 0.15) is 25.0 Å². The summed E-state index contributed by atoms with van der Waals surface area (Å²) in [5, 5.41) is 7.44. The molecular formula is C49H34N2. The minimum absolute atomic E-state index is 0.348. The molecule has 0 radical (unpaired) electrons. The van der Waals surface area contributed by atoms with Gasteiger partial charge < -0.3 is 0 Å². The van der Waals surface area contributed by atoms with Crippen molar-refractivity contribution < 1.29 is 0 Å². The van der Waals surface area contributed by atoms with Crippen LogP contribution in [-0.2, 0) is 5.41 Å². The van der Waals surface area contributed by atoms with Gasteiger partial charge in [0, 0.05) is 27.7 Å². The topological polar surface area (TPSA) is 25.8 Å². The van der Waals surface area contributed by atoms with Crippen LogP contribution in [0.15, 0.2) is 170 Å². The van der Waals surface area contributed by atoms with E-state index >= 15 is 0 Å². The van der Waals surface area contributed by atoms with E-state index in [9.17, 15) is 0 Å². The molecule has 2 nitrogen and oxygen atoms in total. The molecule has 1 aromatic heterocycles. The zero-order chi connectivity index (χ0) is 34.1. The Labute approximate surface area is 297 Å². The molecule has 0 saturated heterocycles. The molecule has 10 rings (SSSR count). The largest absolute Gasteiger partial charge is 0.228 e. The Bertz CT molecular complexity index is 2820. The van der Waals surface area contributed by atoms with Crippen molar-refractivity contribution in [2.45, 2.75) is 19.3 Å². The van der Waals surface area contributed by atoms with Crippen LogP contribution in [0.3, 0.4) is 0 Å². The molecular weight excluding hydrogens is 617 g/mol. The quantitative estimate of drug-likeness (QED) is 0.177. The Balaban J connectivity index is 1.26. The number of nitrogens with zero attached hydrogens (tertiary/aromatic N) is 2. The van der Waals surface area contributed by atoms with Crippen molar-refractivity contribution in [3.63, 3.8) is 0 Å². The van der Waals surface area contributed by atoms with Crippen molar-refractivity contribution in [3.8, 4) is 56.2 Å². The van der Waals surface area contributed by atoms with Gasteiger partial charge in [-0.05, 0) is 72.3 Å². The molecule has 0 fully saturated rings. The summed E-state index contributed by atoms with van der Waals surface area (Å²) >= 11 is 0. The highest BCUT2D eigenvalue weighted by atomic mass is 14.9. The monoisotopic (exact) mass is 650 g/mol. The predicted molar refractivity (Wildman–Crippen MR) is 214 cm³/mol. The maximum atomic E-state index is 5.57. The van der Waals surface area contributed by atoms with Gasteiger partial charge in [0.05, 0.1) is 11.4 Å². The smallest absolute Gasteiger partial charge is 0.160 e.